The van der Waals surface area contributed by atoms with E-state index in [1.807, 2.05) is 6.07 Å². The van der Waals surface area contributed by atoms with Gasteiger partial charge in [0.25, 0.3) is 0 Å². The summed E-state index contributed by atoms with van der Waals surface area (Å²) in [7, 11) is 1.50. The minimum Gasteiger partial charge on any atom is -0.404 e. The molecular weight excluding hydrogens is 396 g/mol. The van der Waals surface area contributed by atoms with Crippen molar-refractivity contribution in [2.45, 2.75) is 37.5 Å². The molecule has 0 radical (unpaired) electrons. The van der Waals surface area contributed by atoms with E-state index in [0.29, 0.717) is 61.9 Å². The molecule has 2 fully saturated rings. The maximum atomic E-state index is 12.7. The largest absolute Gasteiger partial charge is 0.404 e. The number of nitrogens with zero attached hydrogens (tertiary/aromatic N) is 3. The first kappa shape index (κ1) is 24.3. The van der Waals surface area contributed by atoms with Crippen molar-refractivity contribution in [3.05, 3.63) is 29.5 Å². The molecule has 10 heteroatoms. The molecule has 0 unspecified atom stereocenters. The third-order valence-corrected chi connectivity index (χ3v) is 5.70. The van der Waals surface area contributed by atoms with Crippen LogP contribution in [0.4, 0.5) is 11.6 Å². The Bertz CT molecular complexity index is 825. The third-order valence-electron chi connectivity index (χ3n) is 5.70. The van der Waals surface area contributed by atoms with Crippen LogP contribution < -0.4 is 27.8 Å². The number of amidine groups is 1. The number of hydrogen-bond acceptors (Lipinski definition) is 8. The molecule has 10 nitrogen and oxygen atoms in total. The van der Waals surface area contributed by atoms with E-state index in [0.717, 1.165) is 19.3 Å². The molecule has 1 aromatic rings. The normalized spacial score (nSPS) is 18.9. The number of primary amides is 1. The minimum absolute atomic E-state index is 0.171. The van der Waals surface area contributed by atoms with E-state index in [1.54, 1.807) is 0 Å². The molecule has 0 spiro atoms. The lowest BCUT2D eigenvalue weighted by Gasteiger charge is -2.37. The van der Waals surface area contributed by atoms with Crippen molar-refractivity contribution in [1.82, 2.24) is 4.98 Å². The number of pyridine rings is 1. The summed E-state index contributed by atoms with van der Waals surface area (Å²) in [6.07, 6.45) is 8.12. The molecule has 0 aromatic carbocycles. The molecule has 31 heavy (non-hydrogen) atoms. The lowest BCUT2D eigenvalue weighted by atomic mass is 9.67. The summed E-state index contributed by atoms with van der Waals surface area (Å²) in [6.45, 7) is 2.56. The van der Waals surface area contributed by atoms with Crippen LogP contribution in [-0.4, -0.2) is 56.3 Å². The molecule has 0 bridgehead atoms. The molecule has 1 amide bonds. The molecule has 3 rings (SSSR count). The van der Waals surface area contributed by atoms with Gasteiger partial charge in [-0.3, -0.25) is 4.79 Å². The van der Waals surface area contributed by atoms with Crippen molar-refractivity contribution >= 4 is 29.6 Å². The van der Waals surface area contributed by atoms with E-state index < -0.39 is 5.41 Å². The van der Waals surface area contributed by atoms with Gasteiger partial charge in [-0.1, -0.05) is 19.3 Å². The van der Waals surface area contributed by atoms with Crippen molar-refractivity contribution in [3.63, 3.8) is 0 Å². The second-order valence-corrected chi connectivity index (χ2v) is 7.41. The summed E-state index contributed by atoms with van der Waals surface area (Å²) in [5, 5.41) is 8.03. The first-order valence-electron chi connectivity index (χ1n) is 10.5. The molecule has 1 aromatic heterocycles. The maximum Gasteiger partial charge on any atom is 0.228 e. The van der Waals surface area contributed by atoms with Crippen molar-refractivity contribution in [2.24, 2.45) is 27.9 Å². The van der Waals surface area contributed by atoms with E-state index in [2.05, 4.69) is 20.6 Å². The fourth-order valence-electron chi connectivity index (χ4n) is 4.17. The molecule has 2 aliphatic rings. The number of rotatable bonds is 6. The van der Waals surface area contributed by atoms with E-state index in [-0.39, 0.29) is 11.7 Å². The van der Waals surface area contributed by atoms with Gasteiger partial charge in [-0.25, -0.2) is 9.98 Å². The molecule has 2 heterocycles. The summed E-state index contributed by atoms with van der Waals surface area (Å²) >= 11 is 0. The fourth-order valence-corrected chi connectivity index (χ4v) is 4.17. The second-order valence-electron chi connectivity index (χ2n) is 7.41. The molecular formula is C21H34N8O2. The zero-order valence-electron chi connectivity index (χ0n) is 18.1. The van der Waals surface area contributed by atoms with Crippen molar-refractivity contribution in [1.29, 1.82) is 5.41 Å². The van der Waals surface area contributed by atoms with Gasteiger partial charge >= 0.3 is 0 Å². The number of morpholine rings is 1. The predicted molar refractivity (Wildman–Crippen MR) is 124 cm³/mol. The Morgan fingerprint density at radius 3 is 2.42 bits per heavy atom. The van der Waals surface area contributed by atoms with Crippen LogP contribution in [0.1, 0.15) is 43.2 Å². The van der Waals surface area contributed by atoms with Gasteiger partial charge in [-0.15, -0.1) is 0 Å². The summed E-state index contributed by atoms with van der Waals surface area (Å²) in [5.41, 5.74) is 22.1. The van der Waals surface area contributed by atoms with Crippen molar-refractivity contribution < 1.29 is 9.53 Å². The van der Waals surface area contributed by atoms with Crippen molar-refractivity contribution in [3.8, 4) is 0 Å². The van der Waals surface area contributed by atoms with Crippen molar-refractivity contribution in [2.75, 3.05) is 38.3 Å². The van der Waals surface area contributed by atoms with Gasteiger partial charge in [0.1, 0.15) is 11.7 Å². The standard InChI is InChI=1S/C20H29N7O2.CH5N/c21-7-4-16(23)25-18-14(13-22)15(20(19(24)28)5-2-1-3-6-20)12-17(26-18)27-8-10-29-11-9-27;1-2/h4,7,12-13,22H,1-3,5-6,8-11,21H2,(H2,24,28)(H2,23,25,26);2H2,1H3/b7-4-,22-13?;. The number of aliphatic imine (C=N–C) groups is 1. The molecule has 1 aliphatic heterocycles. The smallest absolute Gasteiger partial charge is 0.228 e. The molecule has 1 saturated heterocycles. The molecule has 1 aliphatic carbocycles. The first-order chi connectivity index (χ1) is 15.0. The van der Waals surface area contributed by atoms with Crippen LogP contribution in [0.25, 0.3) is 0 Å². The highest BCUT2D eigenvalue weighted by Gasteiger charge is 2.42. The third kappa shape index (κ3) is 5.39. The summed E-state index contributed by atoms with van der Waals surface area (Å²) in [4.78, 5) is 23.8. The van der Waals surface area contributed by atoms with E-state index in [9.17, 15) is 4.79 Å². The van der Waals surface area contributed by atoms with Crippen LogP contribution in [0.2, 0.25) is 0 Å². The molecule has 170 valence electrons. The van der Waals surface area contributed by atoms with E-state index in [4.69, 9.17) is 27.3 Å². The Hall–Kier alpha value is -2.98. The minimum atomic E-state index is -0.835. The Labute approximate surface area is 183 Å². The lowest BCUT2D eigenvalue weighted by molar-refractivity contribution is -0.124. The summed E-state index contributed by atoms with van der Waals surface area (Å²) in [5.74, 6) is 0.776. The monoisotopic (exact) mass is 430 g/mol. The second kappa shape index (κ2) is 11.4. The maximum absolute atomic E-state index is 12.7. The summed E-state index contributed by atoms with van der Waals surface area (Å²) in [6, 6.07) is 1.90. The number of ether oxygens (including phenoxy) is 1. The van der Waals surface area contributed by atoms with Gasteiger partial charge in [0, 0.05) is 24.9 Å². The van der Waals surface area contributed by atoms with E-state index >= 15 is 0 Å². The number of amides is 1. The van der Waals surface area contributed by atoms with Crippen LogP contribution in [0.5, 0.6) is 0 Å². The first-order valence-corrected chi connectivity index (χ1v) is 10.5. The SMILES string of the molecule is CN.N=Cc1c(C2(C(N)=O)CCCCC2)cc(N2CCOCC2)nc1/N=C(N)\C=C/N. The number of aromatic nitrogens is 1. The highest BCUT2D eigenvalue weighted by molar-refractivity contribution is 5.98. The van der Waals surface area contributed by atoms with Gasteiger partial charge in [-0.05, 0) is 43.8 Å². The number of carbonyl (C=O) groups excluding carboxylic acids is 1. The topological polar surface area (TPSA) is 183 Å². The Kier molecular flexibility index (Phi) is 8.95. The van der Waals surface area contributed by atoms with Gasteiger partial charge in [0.2, 0.25) is 5.91 Å². The number of hydrogen-bond donors (Lipinski definition) is 5. The molecule has 0 atom stereocenters. The zero-order valence-corrected chi connectivity index (χ0v) is 18.1. The van der Waals surface area contributed by atoms with Gasteiger partial charge in [0.15, 0.2) is 5.82 Å². The highest BCUT2D eigenvalue weighted by atomic mass is 16.5. The lowest BCUT2D eigenvalue weighted by Crippen LogP contribution is -2.44. The summed E-state index contributed by atoms with van der Waals surface area (Å²) < 4.78 is 5.45. The Morgan fingerprint density at radius 1 is 1.23 bits per heavy atom. The predicted octanol–water partition coefficient (Wildman–Crippen LogP) is 0.639. The average Bonchev–Trinajstić information content (AvgIpc) is 2.81. The quantitative estimate of drug-likeness (QED) is 0.324. The Morgan fingerprint density at radius 2 is 1.87 bits per heavy atom. The molecule has 1 saturated carbocycles. The highest BCUT2D eigenvalue weighted by Crippen LogP contribution is 2.43. The van der Waals surface area contributed by atoms with Gasteiger partial charge in [0.05, 0.1) is 18.6 Å². The van der Waals surface area contributed by atoms with Gasteiger partial charge in [-0.2, -0.15) is 0 Å². The van der Waals surface area contributed by atoms with Crippen LogP contribution in [-0.2, 0) is 14.9 Å². The number of anilines is 1. The number of carbonyl (C=O) groups is 1. The van der Waals surface area contributed by atoms with Crippen LogP contribution in [0.3, 0.4) is 0 Å². The number of nitrogens with one attached hydrogen (secondary N) is 1. The fraction of sp³-hybridized carbons (Fsp3) is 0.524. The average molecular weight is 431 g/mol. The molecule has 9 N–H and O–H groups in total. The van der Waals surface area contributed by atoms with Crippen LogP contribution in [0.15, 0.2) is 23.3 Å². The van der Waals surface area contributed by atoms with Gasteiger partial charge < -0.3 is 38.0 Å². The zero-order chi connectivity index (χ0) is 22.9. The van der Waals surface area contributed by atoms with E-state index in [1.165, 1.54) is 25.5 Å². The Balaban J connectivity index is 0.00000166. The van der Waals surface area contributed by atoms with Crippen LogP contribution >= 0.6 is 0 Å². The van der Waals surface area contributed by atoms with Crippen LogP contribution in [0, 0.1) is 5.41 Å². The number of nitrogens with two attached hydrogens (primary N) is 4.